The van der Waals surface area contributed by atoms with E-state index in [1.165, 1.54) is 6.07 Å². The number of benzene rings is 1. The van der Waals surface area contributed by atoms with Gasteiger partial charge in [-0.2, -0.15) is 0 Å². The van der Waals surface area contributed by atoms with Gasteiger partial charge in [0.25, 0.3) is 0 Å². The number of rotatable bonds is 5. The molecule has 1 aromatic carbocycles. The molecular formula is C14H18ClFN2O3. The normalized spacial score (nSPS) is 12.1. The maximum absolute atomic E-state index is 12.9. The second-order valence-corrected chi connectivity index (χ2v) is 5.47. The second-order valence-electron chi connectivity index (χ2n) is 5.06. The van der Waals surface area contributed by atoms with Crippen LogP contribution in [-0.2, 0) is 9.59 Å². The third-order valence-corrected chi connectivity index (χ3v) is 3.01. The number of hydrogen-bond donors (Lipinski definition) is 3. The molecule has 0 aliphatic rings. The first-order valence-electron chi connectivity index (χ1n) is 6.51. The number of nitrogens with one attached hydrogen (secondary N) is 2. The number of carbonyl (C=O) groups excluding carboxylic acids is 2. The summed E-state index contributed by atoms with van der Waals surface area (Å²) < 4.78 is 12.9. The Morgan fingerprint density at radius 3 is 2.52 bits per heavy atom. The second kappa shape index (κ2) is 7.95. The Labute approximate surface area is 127 Å². The van der Waals surface area contributed by atoms with E-state index in [-0.39, 0.29) is 23.2 Å². The average Bonchev–Trinajstić information content (AvgIpc) is 2.40. The topological polar surface area (TPSA) is 78.4 Å². The molecule has 1 unspecified atom stereocenters. The van der Waals surface area contributed by atoms with Crippen molar-refractivity contribution in [2.45, 2.75) is 26.3 Å². The van der Waals surface area contributed by atoms with Crippen molar-refractivity contribution in [3.63, 3.8) is 0 Å². The lowest BCUT2D eigenvalue weighted by Gasteiger charge is -2.18. The molecule has 1 atom stereocenters. The summed E-state index contributed by atoms with van der Waals surface area (Å²) in [6.07, 6.45) is 0.548. The molecule has 1 rings (SSSR count). The molecule has 116 valence electrons. The summed E-state index contributed by atoms with van der Waals surface area (Å²) in [5.41, 5.74) is 0.141. The zero-order valence-corrected chi connectivity index (χ0v) is 12.6. The lowest BCUT2D eigenvalue weighted by atomic mass is 10.0. The molecule has 0 saturated heterocycles. The summed E-state index contributed by atoms with van der Waals surface area (Å²) in [6.45, 7) is 3.62. The van der Waals surface area contributed by atoms with E-state index in [9.17, 15) is 14.0 Å². The maximum atomic E-state index is 12.9. The fourth-order valence-corrected chi connectivity index (χ4v) is 1.98. The van der Waals surface area contributed by atoms with Crippen molar-refractivity contribution in [1.29, 1.82) is 0 Å². The molecule has 5 nitrogen and oxygen atoms in total. The molecule has 0 bridgehead atoms. The van der Waals surface area contributed by atoms with Crippen LogP contribution in [0.25, 0.3) is 0 Å². The van der Waals surface area contributed by atoms with Gasteiger partial charge in [-0.15, -0.1) is 0 Å². The number of carbonyl (C=O) groups is 2. The minimum atomic E-state index is -0.925. The number of anilines is 1. The van der Waals surface area contributed by atoms with Crippen LogP contribution in [0.2, 0.25) is 5.02 Å². The van der Waals surface area contributed by atoms with Crippen LogP contribution in [0.3, 0.4) is 0 Å². The largest absolute Gasteiger partial charge is 0.394 e. The maximum Gasteiger partial charge on any atom is 0.313 e. The van der Waals surface area contributed by atoms with Gasteiger partial charge in [-0.25, -0.2) is 4.39 Å². The Hall–Kier alpha value is -1.66. The molecule has 0 radical (unpaired) electrons. The first-order valence-corrected chi connectivity index (χ1v) is 6.89. The van der Waals surface area contributed by atoms with Crippen LogP contribution < -0.4 is 10.6 Å². The number of aliphatic hydroxyl groups excluding tert-OH is 1. The van der Waals surface area contributed by atoms with E-state index in [0.29, 0.717) is 6.42 Å². The van der Waals surface area contributed by atoms with Gasteiger partial charge in [0.15, 0.2) is 0 Å². The van der Waals surface area contributed by atoms with Gasteiger partial charge in [-0.05, 0) is 30.5 Å². The van der Waals surface area contributed by atoms with Gasteiger partial charge in [-0.3, -0.25) is 9.59 Å². The molecule has 3 N–H and O–H groups in total. The minimum Gasteiger partial charge on any atom is -0.394 e. The highest BCUT2D eigenvalue weighted by atomic mass is 35.5. The van der Waals surface area contributed by atoms with Crippen LogP contribution in [0, 0.1) is 11.7 Å². The Kier molecular flexibility index (Phi) is 6.58. The lowest BCUT2D eigenvalue weighted by Crippen LogP contribution is -2.44. The number of amides is 2. The van der Waals surface area contributed by atoms with Crippen molar-refractivity contribution >= 4 is 29.1 Å². The summed E-state index contributed by atoms with van der Waals surface area (Å²) in [5, 5.41) is 13.9. The van der Waals surface area contributed by atoms with E-state index in [4.69, 9.17) is 16.7 Å². The van der Waals surface area contributed by atoms with E-state index in [0.717, 1.165) is 12.1 Å². The zero-order valence-electron chi connectivity index (χ0n) is 11.8. The molecular weight excluding hydrogens is 299 g/mol. The highest BCUT2D eigenvalue weighted by molar-refractivity contribution is 6.41. The molecule has 7 heteroatoms. The van der Waals surface area contributed by atoms with Gasteiger partial charge in [0, 0.05) is 0 Å². The highest BCUT2D eigenvalue weighted by Gasteiger charge is 2.19. The van der Waals surface area contributed by atoms with Gasteiger partial charge in [0.1, 0.15) is 5.82 Å². The van der Waals surface area contributed by atoms with Crippen molar-refractivity contribution in [3.8, 4) is 0 Å². The van der Waals surface area contributed by atoms with Crippen LogP contribution in [0.15, 0.2) is 18.2 Å². The summed E-state index contributed by atoms with van der Waals surface area (Å²) in [7, 11) is 0. The average molecular weight is 317 g/mol. The summed E-state index contributed by atoms with van der Waals surface area (Å²) in [6, 6.07) is 2.92. The molecule has 21 heavy (non-hydrogen) atoms. The van der Waals surface area contributed by atoms with E-state index < -0.39 is 23.7 Å². The third kappa shape index (κ3) is 5.69. The van der Waals surface area contributed by atoms with Crippen LogP contribution in [-0.4, -0.2) is 29.6 Å². The highest BCUT2D eigenvalue weighted by Crippen LogP contribution is 2.22. The van der Waals surface area contributed by atoms with Crippen molar-refractivity contribution < 1.29 is 19.1 Å². The molecule has 0 heterocycles. The van der Waals surface area contributed by atoms with Gasteiger partial charge >= 0.3 is 11.8 Å². The number of hydrogen-bond acceptors (Lipinski definition) is 3. The number of halogens is 2. The fraction of sp³-hybridized carbons (Fsp3) is 0.429. The molecule has 2 amide bonds. The first-order chi connectivity index (χ1) is 9.83. The van der Waals surface area contributed by atoms with Crippen LogP contribution in [0.1, 0.15) is 20.3 Å². The molecule has 0 fully saturated rings. The van der Waals surface area contributed by atoms with Crippen LogP contribution in [0.5, 0.6) is 0 Å². The first kappa shape index (κ1) is 17.4. The molecule has 0 saturated carbocycles. The summed E-state index contributed by atoms with van der Waals surface area (Å²) in [5.74, 6) is -2.09. The Morgan fingerprint density at radius 1 is 1.33 bits per heavy atom. The minimum absolute atomic E-state index is 0.00274. The van der Waals surface area contributed by atoms with E-state index in [2.05, 4.69) is 10.6 Å². The number of aliphatic hydroxyl groups is 1. The predicted molar refractivity (Wildman–Crippen MR) is 78.5 cm³/mol. The molecule has 0 spiro atoms. The molecule has 0 aromatic heterocycles. The van der Waals surface area contributed by atoms with Crippen molar-refractivity contribution in [1.82, 2.24) is 5.32 Å². The smallest absolute Gasteiger partial charge is 0.313 e. The zero-order chi connectivity index (χ0) is 16.0. The third-order valence-electron chi connectivity index (χ3n) is 2.70. The summed E-state index contributed by atoms with van der Waals surface area (Å²) >= 11 is 5.75. The monoisotopic (exact) mass is 316 g/mol. The Bertz CT molecular complexity index is 523. The van der Waals surface area contributed by atoms with Gasteiger partial charge in [0.05, 0.1) is 23.4 Å². The molecule has 0 aliphatic heterocycles. The Balaban J connectivity index is 2.64. The van der Waals surface area contributed by atoms with E-state index in [1.54, 1.807) is 0 Å². The SMILES string of the molecule is CC(C)CC(CO)NC(=O)C(=O)Nc1ccc(F)cc1Cl. The van der Waals surface area contributed by atoms with E-state index in [1.807, 2.05) is 13.8 Å². The molecule has 1 aromatic rings. The van der Waals surface area contributed by atoms with Gasteiger partial charge < -0.3 is 15.7 Å². The van der Waals surface area contributed by atoms with Gasteiger partial charge in [0.2, 0.25) is 0 Å². The fourth-order valence-electron chi connectivity index (χ4n) is 1.77. The predicted octanol–water partition coefficient (Wildman–Crippen LogP) is 1.94. The van der Waals surface area contributed by atoms with Crippen LogP contribution >= 0.6 is 11.6 Å². The molecule has 0 aliphatic carbocycles. The van der Waals surface area contributed by atoms with Crippen molar-refractivity contribution in [3.05, 3.63) is 29.0 Å². The quantitative estimate of drug-likeness (QED) is 0.726. The van der Waals surface area contributed by atoms with Crippen molar-refractivity contribution in [2.24, 2.45) is 5.92 Å². The van der Waals surface area contributed by atoms with Crippen LogP contribution in [0.4, 0.5) is 10.1 Å². The summed E-state index contributed by atoms with van der Waals surface area (Å²) in [4.78, 5) is 23.5. The van der Waals surface area contributed by atoms with Gasteiger partial charge in [-0.1, -0.05) is 25.4 Å². The standard InChI is InChI=1S/C14H18ClFN2O3/c1-8(2)5-10(7-19)17-13(20)14(21)18-12-4-3-9(16)6-11(12)15/h3-4,6,8,10,19H,5,7H2,1-2H3,(H,17,20)(H,18,21). The Morgan fingerprint density at radius 2 is 2.00 bits per heavy atom. The lowest BCUT2D eigenvalue weighted by molar-refractivity contribution is -0.136. The van der Waals surface area contributed by atoms with E-state index >= 15 is 0 Å². The van der Waals surface area contributed by atoms with Crippen molar-refractivity contribution in [2.75, 3.05) is 11.9 Å².